The number of nitrogens with zero attached hydrogens (tertiary/aromatic N) is 1. The van der Waals surface area contributed by atoms with Crippen LogP contribution in [0.25, 0.3) is 0 Å². The molecule has 0 bridgehead atoms. The summed E-state index contributed by atoms with van der Waals surface area (Å²) in [5.74, 6) is -0.367. The maximum atomic E-state index is 11.7. The number of hydrogen-bond acceptors (Lipinski definition) is 12. The van der Waals surface area contributed by atoms with E-state index >= 15 is 0 Å². The number of alkyl halides is 2. The third-order valence-electron chi connectivity index (χ3n) is 5.09. The van der Waals surface area contributed by atoms with Crippen molar-refractivity contribution >= 4 is 53.5 Å². The monoisotopic (exact) mass is 688 g/mol. The van der Waals surface area contributed by atoms with Crippen LogP contribution in [0, 0.1) is 11.8 Å². The fourth-order valence-electron chi connectivity index (χ4n) is 3.43. The molecule has 2 heterocycles. The highest BCUT2D eigenvalue weighted by atomic mass is 35.5. The van der Waals surface area contributed by atoms with Crippen molar-refractivity contribution in [2.45, 2.75) is 106 Å². The smallest absolute Gasteiger partial charge is 0.466 e. The number of carbonyl (C=O) groups excluding carboxylic acids is 5. The van der Waals surface area contributed by atoms with E-state index in [9.17, 15) is 24.0 Å². The molecule has 0 aromatic carbocycles. The average Bonchev–Trinajstić information content (AvgIpc) is 3.55. The Balaban J connectivity index is 0. The zero-order chi connectivity index (χ0) is 35.4. The first-order valence-electron chi connectivity index (χ1n) is 14.9. The topological polar surface area (TPSA) is 156 Å². The van der Waals surface area contributed by atoms with Gasteiger partial charge >= 0.3 is 30.3 Å². The third-order valence-corrected chi connectivity index (χ3v) is 5.09. The second-order valence-corrected chi connectivity index (χ2v) is 13.5. The van der Waals surface area contributed by atoms with Crippen molar-refractivity contribution < 1.29 is 52.4 Å². The lowest BCUT2D eigenvalue weighted by atomic mass is 10.1. The first-order chi connectivity index (χ1) is 20.6. The van der Waals surface area contributed by atoms with Crippen LogP contribution in [0.2, 0.25) is 0 Å². The molecule has 15 heteroatoms. The number of hydrogen-bond donors (Lipinski definition) is 1. The molecule has 45 heavy (non-hydrogen) atoms. The minimum absolute atomic E-state index is 0.0486. The zero-order valence-electron chi connectivity index (χ0n) is 28.7. The quantitative estimate of drug-likeness (QED) is 0.153. The van der Waals surface area contributed by atoms with Gasteiger partial charge in [0, 0.05) is 19.6 Å². The normalized spacial score (nSPS) is 17.5. The van der Waals surface area contributed by atoms with Crippen molar-refractivity contribution in [1.29, 1.82) is 0 Å². The molecule has 13 nitrogen and oxygen atoms in total. The summed E-state index contributed by atoms with van der Waals surface area (Å²) < 4.78 is 28.8. The summed E-state index contributed by atoms with van der Waals surface area (Å²) in [4.78, 5) is 57.8. The van der Waals surface area contributed by atoms with Gasteiger partial charge in [0.15, 0.2) is 0 Å². The van der Waals surface area contributed by atoms with Crippen molar-refractivity contribution in [3.05, 3.63) is 0 Å². The molecule has 2 saturated heterocycles. The van der Waals surface area contributed by atoms with Crippen LogP contribution in [0.5, 0.6) is 0 Å². The molecule has 2 aliphatic rings. The molecule has 0 aromatic heterocycles. The summed E-state index contributed by atoms with van der Waals surface area (Å²) in [7, 11) is 0. The van der Waals surface area contributed by atoms with Gasteiger partial charge in [0.25, 0.3) is 0 Å². The van der Waals surface area contributed by atoms with E-state index in [-0.39, 0.29) is 35.2 Å². The van der Waals surface area contributed by atoms with Crippen LogP contribution < -0.4 is 5.32 Å². The minimum atomic E-state index is -1.06. The lowest BCUT2D eigenvalue weighted by Crippen LogP contribution is -2.36. The SMILES string of the molecule is CC(C)(C)OC(=O)OC(=O)OC(C)(C)C.CCOC(=O)C1CCN(C(=O)OC(C)(C)C)C1.CCOC(=O)C1CCNC1.ClCCl. The molecule has 2 atom stereocenters. The number of amides is 1. The number of ether oxygens (including phenoxy) is 6. The molecule has 0 aromatic rings. The van der Waals surface area contributed by atoms with Crippen LogP contribution in [0.1, 0.15) is 89.0 Å². The lowest BCUT2D eigenvalue weighted by molar-refractivity contribution is -0.148. The number of esters is 2. The summed E-state index contributed by atoms with van der Waals surface area (Å²) in [5.41, 5.74) is -1.89. The molecule has 0 aliphatic carbocycles. The van der Waals surface area contributed by atoms with Crippen LogP contribution in [-0.4, -0.2) is 96.8 Å². The summed E-state index contributed by atoms with van der Waals surface area (Å²) >= 11 is 9.53. The highest BCUT2D eigenvalue weighted by molar-refractivity contribution is 6.40. The van der Waals surface area contributed by atoms with Gasteiger partial charge in [0.2, 0.25) is 0 Å². The van der Waals surface area contributed by atoms with Gasteiger partial charge in [-0.3, -0.25) is 9.59 Å². The van der Waals surface area contributed by atoms with Crippen LogP contribution in [-0.2, 0) is 38.0 Å². The molecule has 1 amide bonds. The highest BCUT2D eigenvalue weighted by Crippen LogP contribution is 2.20. The van der Waals surface area contributed by atoms with E-state index < -0.39 is 29.1 Å². The van der Waals surface area contributed by atoms with Crippen LogP contribution in [0.4, 0.5) is 14.4 Å². The molecule has 0 spiro atoms. The molecule has 2 rings (SSSR count). The molecular weight excluding hydrogens is 635 g/mol. The molecule has 2 fully saturated rings. The Morgan fingerprint density at radius 3 is 1.49 bits per heavy atom. The van der Waals surface area contributed by atoms with Gasteiger partial charge in [-0.15, -0.1) is 23.2 Å². The highest BCUT2D eigenvalue weighted by Gasteiger charge is 2.34. The summed E-state index contributed by atoms with van der Waals surface area (Å²) in [5, 5.41) is 3.31. The predicted molar refractivity (Wildman–Crippen MR) is 170 cm³/mol. The maximum Gasteiger partial charge on any atom is 0.519 e. The average molecular weight is 690 g/mol. The molecule has 264 valence electrons. The van der Waals surface area contributed by atoms with Crippen molar-refractivity contribution in [1.82, 2.24) is 10.2 Å². The summed E-state index contributed by atoms with van der Waals surface area (Å²) in [6.45, 7) is 22.7. The van der Waals surface area contributed by atoms with Gasteiger partial charge in [-0.05, 0) is 95.5 Å². The molecule has 1 N–H and O–H groups in total. The minimum Gasteiger partial charge on any atom is -0.466 e. The maximum absolute atomic E-state index is 11.7. The van der Waals surface area contributed by atoms with E-state index in [1.807, 2.05) is 27.7 Å². The number of nitrogens with one attached hydrogen (secondary N) is 1. The molecule has 2 aliphatic heterocycles. The number of rotatable bonds is 4. The lowest BCUT2D eigenvalue weighted by Gasteiger charge is -2.24. The number of halogens is 2. The molecule has 0 radical (unpaired) electrons. The summed E-state index contributed by atoms with van der Waals surface area (Å²) in [6, 6.07) is 0. The second kappa shape index (κ2) is 22.1. The van der Waals surface area contributed by atoms with E-state index in [1.54, 1.807) is 53.4 Å². The standard InChI is InChI=1S/C12H21NO4.C10H18O5.C7H13NO2.CH2Cl2/c1-5-16-10(14)9-6-7-13(8-9)11(15)17-12(2,3)4;1-9(2,3)14-7(11)13-8(12)15-10(4,5)6;1-2-10-7(9)6-3-4-8-5-6;2-1-3/h9H,5-8H2,1-4H3;1-6H3;6,8H,2-5H2,1H3;1H2. The Morgan fingerprint density at radius 1 is 0.711 bits per heavy atom. The Bertz CT molecular complexity index is 881. The Kier molecular flexibility index (Phi) is 21.9. The van der Waals surface area contributed by atoms with Crippen molar-refractivity contribution in [3.8, 4) is 0 Å². The molecule has 2 unspecified atom stereocenters. The van der Waals surface area contributed by atoms with Gasteiger partial charge in [0.05, 0.1) is 30.4 Å². The molecule has 0 saturated carbocycles. The van der Waals surface area contributed by atoms with E-state index in [0.717, 1.165) is 19.5 Å². The zero-order valence-corrected chi connectivity index (χ0v) is 30.2. The third kappa shape index (κ3) is 25.4. The largest absolute Gasteiger partial charge is 0.519 e. The fraction of sp³-hybridized carbons (Fsp3) is 0.833. The van der Waals surface area contributed by atoms with Gasteiger partial charge in [-0.2, -0.15) is 0 Å². The van der Waals surface area contributed by atoms with Crippen LogP contribution >= 0.6 is 23.2 Å². The first kappa shape index (κ1) is 44.6. The van der Waals surface area contributed by atoms with Gasteiger partial charge in [0.1, 0.15) is 16.8 Å². The first-order valence-corrected chi connectivity index (χ1v) is 15.9. The fourth-order valence-corrected chi connectivity index (χ4v) is 3.43. The Labute approximate surface area is 278 Å². The predicted octanol–water partition coefficient (Wildman–Crippen LogP) is 6.26. The Morgan fingerprint density at radius 2 is 1.13 bits per heavy atom. The van der Waals surface area contributed by atoms with E-state index in [0.29, 0.717) is 32.7 Å². The van der Waals surface area contributed by atoms with Gasteiger partial charge < -0.3 is 38.6 Å². The van der Waals surface area contributed by atoms with E-state index in [1.165, 1.54) is 0 Å². The van der Waals surface area contributed by atoms with Crippen LogP contribution in [0.15, 0.2) is 0 Å². The van der Waals surface area contributed by atoms with Crippen molar-refractivity contribution in [2.75, 3.05) is 44.7 Å². The number of likely N-dealkylation sites (tertiary alicyclic amines) is 1. The van der Waals surface area contributed by atoms with Gasteiger partial charge in [-0.1, -0.05) is 0 Å². The van der Waals surface area contributed by atoms with E-state index in [4.69, 9.17) is 46.9 Å². The Hall–Kier alpha value is -2.51. The van der Waals surface area contributed by atoms with Crippen LogP contribution in [0.3, 0.4) is 0 Å². The molecular formula is C30H54Cl2N2O11. The summed E-state index contributed by atoms with van der Waals surface area (Å²) in [6.07, 6.45) is -0.894. The second-order valence-electron chi connectivity index (χ2n) is 12.7. The van der Waals surface area contributed by atoms with Crippen molar-refractivity contribution in [2.24, 2.45) is 11.8 Å². The number of carbonyl (C=O) groups is 5. The van der Waals surface area contributed by atoms with Gasteiger partial charge in [-0.25, -0.2) is 14.4 Å². The van der Waals surface area contributed by atoms with Crippen molar-refractivity contribution in [3.63, 3.8) is 0 Å². The van der Waals surface area contributed by atoms with E-state index in [2.05, 4.69) is 10.1 Å².